The van der Waals surface area contributed by atoms with Gasteiger partial charge in [-0.1, -0.05) is 12.1 Å². The summed E-state index contributed by atoms with van der Waals surface area (Å²) >= 11 is 0. The molecule has 0 saturated heterocycles. The Bertz CT molecular complexity index is 598. The minimum absolute atomic E-state index is 0.422. The monoisotopic (exact) mass is 270 g/mol. The number of nitrogens with one attached hydrogen (secondary N) is 1. The van der Waals surface area contributed by atoms with Crippen LogP contribution in [0.25, 0.3) is 0 Å². The topological polar surface area (TPSA) is 80.1 Å². The van der Waals surface area contributed by atoms with Crippen LogP contribution in [0.15, 0.2) is 30.3 Å². The summed E-state index contributed by atoms with van der Waals surface area (Å²) in [6, 6.07) is 11.0. The molecule has 0 unspecified atom stereocenters. The number of nitriles is 1. The van der Waals surface area contributed by atoms with Gasteiger partial charge in [0, 0.05) is 6.54 Å². The van der Waals surface area contributed by atoms with Crippen LogP contribution >= 0.6 is 0 Å². The van der Waals surface area contributed by atoms with Crippen LogP contribution in [0.2, 0.25) is 0 Å². The normalized spacial score (nSPS) is 9.65. The summed E-state index contributed by atoms with van der Waals surface area (Å²) in [4.78, 5) is 8.34. The second kappa shape index (κ2) is 6.38. The van der Waals surface area contributed by atoms with Gasteiger partial charge in [0.15, 0.2) is 0 Å². The van der Waals surface area contributed by atoms with Crippen molar-refractivity contribution in [2.45, 2.75) is 6.54 Å². The molecule has 0 radical (unpaired) electrons. The number of rotatable bonds is 5. The smallest absolute Gasteiger partial charge is 0.229 e. The van der Waals surface area contributed by atoms with E-state index < -0.39 is 0 Å². The Morgan fingerprint density at radius 2 is 1.70 bits per heavy atom. The molecule has 0 aliphatic rings. The Labute approximate surface area is 117 Å². The Balaban J connectivity index is 2.07. The molecule has 1 aromatic heterocycles. The highest BCUT2D eigenvalue weighted by Gasteiger charge is 2.05. The van der Waals surface area contributed by atoms with Gasteiger partial charge in [0.2, 0.25) is 17.7 Å². The first kappa shape index (κ1) is 13.6. The fraction of sp³-hybridized carbons (Fsp3) is 0.214. The molecule has 0 atom stereocenters. The molecule has 0 aliphatic heterocycles. The van der Waals surface area contributed by atoms with Crippen LogP contribution in [0.3, 0.4) is 0 Å². The van der Waals surface area contributed by atoms with E-state index in [2.05, 4.69) is 21.4 Å². The molecule has 0 saturated carbocycles. The van der Waals surface area contributed by atoms with E-state index >= 15 is 0 Å². The van der Waals surface area contributed by atoms with Crippen LogP contribution in [0.1, 0.15) is 11.1 Å². The maximum atomic E-state index is 8.74. The van der Waals surface area contributed by atoms with Crippen molar-refractivity contribution in [3.8, 4) is 17.8 Å². The standard InChI is InChI=1S/C14H14N4O2/c1-19-12-7-13(20-2)18-14(17-12)16-9-11-5-3-10(8-15)4-6-11/h3-7H,9H2,1-2H3,(H,16,17,18). The molecule has 0 spiro atoms. The zero-order valence-corrected chi connectivity index (χ0v) is 11.3. The van der Waals surface area contributed by atoms with Gasteiger partial charge in [-0.25, -0.2) is 0 Å². The predicted molar refractivity (Wildman–Crippen MR) is 73.6 cm³/mol. The Morgan fingerprint density at radius 1 is 1.10 bits per heavy atom. The third-order valence-electron chi connectivity index (χ3n) is 2.63. The van der Waals surface area contributed by atoms with Crippen molar-refractivity contribution in [1.82, 2.24) is 9.97 Å². The molecular weight excluding hydrogens is 256 g/mol. The molecule has 0 fully saturated rings. The van der Waals surface area contributed by atoms with Crippen molar-refractivity contribution < 1.29 is 9.47 Å². The Kier molecular flexibility index (Phi) is 4.35. The molecule has 102 valence electrons. The Morgan fingerprint density at radius 3 is 2.20 bits per heavy atom. The van der Waals surface area contributed by atoms with Crippen molar-refractivity contribution in [1.29, 1.82) is 5.26 Å². The first-order chi connectivity index (χ1) is 9.75. The van der Waals surface area contributed by atoms with Crippen molar-refractivity contribution in [2.24, 2.45) is 0 Å². The number of nitrogens with zero attached hydrogens (tertiary/aromatic N) is 3. The molecular formula is C14H14N4O2. The lowest BCUT2D eigenvalue weighted by Crippen LogP contribution is -2.05. The lowest BCUT2D eigenvalue weighted by atomic mass is 10.1. The van der Waals surface area contributed by atoms with Gasteiger partial charge in [-0.15, -0.1) is 0 Å². The van der Waals surface area contributed by atoms with Crippen molar-refractivity contribution in [3.63, 3.8) is 0 Å². The van der Waals surface area contributed by atoms with E-state index in [0.717, 1.165) is 5.56 Å². The zero-order chi connectivity index (χ0) is 14.4. The Hall–Kier alpha value is -2.81. The first-order valence-electron chi connectivity index (χ1n) is 5.95. The first-order valence-corrected chi connectivity index (χ1v) is 5.95. The summed E-state index contributed by atoms with van der Waals surface area (Å²) in [5, 5.41) is 11.8. The van der Waals surface area contributed by atoms with Crippen molar-refractivity contribution in [3.05, 3.63) is 41.5 Å². The number of ether oxygens (including phenoxy) is 2. The number of aromatic nitrogens is 2. The van der Waals surface area contributed by atoms with E-state index in [1.807, 2.05) is 12.1 Å². The molecule has 1 aromatic carbocycles. The molecule has 6 nitrogen and oxygen atoms in total. The van der Waals surface area contributed by atoms with Crippen LogP contribution in [0, 0.1) is 11.3 Å². The largest absolute Gasteiger partial charge is 0.481 e. The molecule has 2 aromatic rings. The highest BCUT2D eigenvalue weighted by atomic mass is 16.5. The van der Waals surface area contributed by atoms with Crippen LogP contribution in [-0.2, 0) is 6.54 Å². The number of anilines is 1. The zero-order valence-electron chi connectivity index (χ0n) is 11.3. The summed E-state index contributed by atoms with van der Waals surface area (Å²) in [5.41, 5.74) is 1.66. The van der Waals surface area contributed by atoms with Gasteiger partial charge < -0.3 is 14.8 Å². The minimum Gasteiger partial charge on any atom is -0.481 e. The molecule has 6 heteroatoms. The number of methoxy groups -OCH3 is 2. The van der Waals surface area contributed by atoms with E-state index in [0.29, 0.717) is 29.8 Å². The summed E-state index contributed by atoms with van der Waals surface area (Å²) in [5.74, 6) is 1.28. The fourth-order valence-electron chi connectivity index (χ4n) is 1.57. The minimum atomic E-state index is 0.422. The van der Waals surface area contributed by atoms with Crippen LogP contribution < -0.4 is 14.8 Å². The lowest BCUT2D eigenvalue weighted by Gasteiger charge is -2.08. The van der Waals surface area contributed by atoms with Gasteiger partial charge >= 0.3 is 0 Å². The maximum absolute atomic E-state index is 8.74. The summed E-state index contributed by atoms with van der Waals surface area (Å²) in [6.45, 7) is 0.544. The molecule has 0 bridgehead atoms. The molecule has 1 N–H and O–H groups in total. The molecule has 1 heterocycles. The van der Waals surface area contributed by atoms with E-state index in [9.17, 15) is 0 Å². The van der Waals surface area contributed by atoms with Gasteiger partial charge in [0.1, 0.15) is 0 Å². The van der Waals surface area contributed by atoms with Crippen molar-refractivity contribution in [2.75, 3.05) is 19.5 Å². The van der Waals surface area contributed by atoms with Gasteiger partial charge in [0.05, 0.1) is 31.9 Å². The maximum Gasteiger partial charge on any atom is 0.229 e. The van der Waals surface area contributed by atoms with E-state index in [4.69, 9.17) is 14.7 Å². The van der Waals surface area contributed by atoms with Gasteiger partial charge in [-0.2, -0.15) is 15.2 Å². The molecule has 2 rings (SSSR count). The van der Waals surface area contributed by atoms with Gasteiger partial charge in [-0.3, -0.25) is 0 Å². The molecule has 0 amide bonds. The quantitative estimate of drug-likeness (QED) is 0.894. The average Bonchev–Trinajstić information content (AvgIpc) is 2.53. The highest BCUT2D eigenvalue weighted by Crippen LogP contribution is 2.17. The SMILES string of the molecule is COc1cc(OC)nc(NCc2ccc(C#N)cc2)n1. The van der Waals surface area contributed by atoms with Crippen LogP contribution in [0.5, 0.6) is 11.8 Å². The second-order valence-electron chi connectivity index (χ2n) is 3.94. The van der Waals surface area contributed by atoms with Gasteiger partial charge in [0.25, 0.3) is 0 Å². The van der Waals surface area contributed by atoms with Crippen molar-refractivity contribution >= 4 is 5.95 Å². The van der Waals surface area contributed by atoms with Crippen LogP contribution in [0.4, 0.5) is 5.95 Å². The lowest BCUT2D eigenvalue weighted by molar-refractivity contribution is 0.373. The molecule has 0 aliphatic carbocycles. The van der Waals surface area contributed by atoms with Gasteiger partial charge in [-0.05, 0) is 17.7 Å². The predicted octanol–water partition coefficient (Wildman–Crippen LogP) is 1.98. The molecule has 20 heavy (non-hydrogen) atoms. The summed E-state index contributed by atoms with van der Waals surface area (Å²) in [6.07, 6.45) is 0. The van der Waals surface area contributed by atoms with E-state index in [1.54, 1.807) is 18.2 Å². The summed E-state index contributed by atoms with van der Waals surface area (Å²) < 4.78 is 10.1. The number of hydrogen-bond acceptors (Lipinski definition) is 6. The van der Waals surface area contributed by atoms with Crippen LogP contribution in [-0.4, -0.2) is 24.2 Å². The average molecular weight is 270 g/mol. The third kappa shape index (κ3) is 3.36. The third-order valence-corrected chi connectivity index (χ3v) is 2.63. The fourth-order valence-corrected chi connectivity index (χ4v) is 1.57. The second-order valence-corrected chi connectivity index (χ2v) is 3.94. The summed E-state index contributed by atoms with van der Waals surface area (Å²) in [7, 11) is 3.07. The number of benzene rings is 1. The number of hydrogen-bond donors (Lipinski definition) is 1. The van der Waals surface area contributed by atoms with E-state index in [-0.39, 0.29) is 0 Å². The highest BCUT2D eigenvalue weighted by molar-refractivity contribution is 5.36. The van der Waals surface area contributed by atoms with E-state index in [1.165, 1.54) is 14.2 Å².